The number of piperidine rings is 1. The van der Waals surface area contributed by atoms with Gasteiger partial charge < -0.3 is 20.4 Å². The first kappa shape index (κ1) is 28.0. The molecular weight excluding hydrogens is 537 g/mol. The summed E-state index contributed by atoms with van der Waals surface area (Å²) in [5.41, 5.74) is 6.96. The van der Waals surface area contributed by atoms with Crippen LogP contribution in [-0.4, -0.2) is 85.3 Å². The van der Waals surface area contributed by atoms with E-state index in [1.165, 1.54) is 9.08 Å². The van der Waals surface area contributed by atoms with Crippen molar-refractivity contribution in [2.24, 2.45) is 0 Å². The number of fused-ring (bicyclic) bond motifs is 2. The number of hydrogen-bond acceptors (Lipinski definition) is 8. The Bertz CT molecular complexity index is 1530. The normalized spacial score (nSPS) is 18.5. The van der Waals surface area contributed by atoms with E-state index >= 15 is 0 Å². The molecule has 4 aromatic rings. The standard InChI is InChI=1S/C16H15F3N8.C9H15F2NO/c1-7-22-10-4-3-9(23-15(10)26(7)6-11(18)19)12-8(17)5-27-13(12)14(21-2)24-16(20)25-27;1-8(6-13-7-8)12-4-2-3-9(10,11)5-12/h3-5,11H,6H2,1-2H3,(H3,20,21,24,25);2-7H2,1H3. The summed E-state index contributed by atoms with van der Waals surface area (Å²) < 4.78 is 74.3. The number of nitrogens with zero attached hydrogens (tertiary/aromatic N) is 7. The van der Waals surface area contributed by atoms with E-state index in [-0.39, 0.29) is 41.4 Å². The summed E-state index contributed by atoms with van der Waals surface area (Å²) in [7, 11) is 1.62. The lowest BCUT2D eigenvalue weighted by Gasteiger charge is -2.50. The minimum atomic E-state index is -2.56. The molecule has 0 aliphatic carbocycles. The molecule has 0 bridgehead atoms. The lowest BCUT2D eigenvalue weighted by atomic mass is 9.93. The summed E-state index contributed by atoms with van der Waals surface area (Å²) in [4.78, 5) is 14.6. The van der Waals surface area contributed by atoms with Gasteiger partial charge in [0.2, 0.25) is 5.95 Å². The summed E-state index contributed by atoms with van der Waals surface area (Å²) in [6.45, 7) is 4.97. The van der Waals surface area contributed by atoms with E-state index in [9.17, 15) is 22.0 Å². The van der Waals surface area contributed by atoms with Gasteiger partial charge in [0, 0.05) is 13.5 Å². The fourth-order valence-corrected chi connectivity index (χ4v) is 5.11. The van der Waals surface area contributed by atoms with Crippen molar-refractivity contribution in [2.75, 3.05) is 44.4 Å². The van der Waals surface area contributed by atoms with Gasteiger partial charge in [0.15, 0.2) is 17.3 Å². The molecular formula is C25H30F5N9O. The first-order valence-electron chi connectivity index (χ1n) is 12.8. The molecule has 3 N–H and O–H groups in total. The van der Waals surface area contributed by atoms with Crippen molar-refractivity contribution >= 4 is 28.4 Å². The van der Waals surface area contributed by atoms with Crippen LogP contribution in [0.4, 0.5) is 33.7 Å². The Kier molecular flexibility index (Phi) is 7.29. The van der Waals surface area contributed by atoms with Crippen molar-refractivity contribution in [3.8, 4) is 11.3 Å². The average Bonchev–Trinajstić information content (AvgIpc) is 3.36. The number of nitrogens with one attached hydrogen (secondary N) is 1. The van der Waals surface area contributed by atoms with Gasteiger partial charge in [-0.2, -0.15) is 4.98 Å². The van der Waals surface area contributed by atoms with Crippen molar-refractivity contribution in [1.29, 1.82) is 0 Å². The molecule has 0 aromatic carbocycles. The maximum Gasteiger partial charge on any atom is 0.260 e. The minimum absolute atomic E-state index is 0.0255. The van der Waals surface area contributed by atoms with Crippen LogP contribution in [0.1, 0.15) is 25.6 Å². The Hall–Kier alpha value is -3.59. The average molecular weight is 568 g/mol. The second kappa shape index (κ2) is 10.4. The van der Waals surface area contributed by atoms with Gasteiger partial charge >= 0.3 is 0 Å². The lowest BCUT2D eigenvalue weighted by molar-refractivity contribution is -0.171. The highest BCUT2D eigenvalue weighted by molar-refractivity contribution is 5.89. The number of anilines is 2. The fourth-order valence-electron chi connectivity index (χ4n) is 5.11. The van der Waals surface area contributed by atoms with E-state index in [0.29, 0.717) is 42.3 Å². The van der Waals surface area contributed by atoms with Crippen LogP contribution >= 0.6 is 0 Å². The monoisotopic (exact) mass is 567 g/mol. The van der Waals surface area contributed by atoms with Gasteiger partial charge in [-0.1, -0.05) is 0 Å². The minimum Gasteiger partial charge on any atom is -0.377 e. The van der Waals surface area contributed by atoms with Crippen molar-refractivity contribution in [1.82, 2.24) is 34.0 Å². The van der Waals surface area contributed by atoms with Crippen LogP contribution in [0.3, 0.4) is 0 Å². The Labute approximate surface area is 226 Å². The summed E-state index contributed by atoms with van der Waals surface area (Å²) >= 11 is 0. The maximum absolute atomic E-state index is 14.7. The van der Waals surface area contributed by atoms with E-state index in [1.807, 2.05) is 11.8 Å². The smallest absolute Gasteiger partial charge is 0.260 e. The molecule has 6 rings (SSSR count). The predicted molar refractivity (Wildman–Crippen MR) is 139 cm³/mol. The quantitative estimate of drug-likeness (QED) is 0.349. The van der Waals surface area contributed by atoms with Gasteiger partial charge in [-0.15, -0.1) is 5.10 Å². The molecule has 2 saturated heterocycles. The summed E-state index contributed by atoms with van der Waals surface area (Å²) in [5.74, 6) is -2.38. The van der Waals surface area contributed by atoms with E-state index < -0.39 is 24.7 Å². The number of pyridine rings is 1. The number of aryl methyl sites for hydroxylation is 1. The van der Waals surface area contributed by atoms with Crippen LogP contribution < -0.4 is 11.1 Å². The van der Waals surface area contributed by atoms with E-state index in [4.69, 9.17) is 10.5 Å². The molecule has 6 heterocycles. The second-order valence-electron chi connectivity index (χ2n) is 10.3. The van der Waals surface area contributed by atoms with Crippen LogP contribution in [0.15, 0.2) is 18.3 Å². The van der Waals surface area contributed by atoms with Crippen molar-refractivity contribution in [3.05, 3.63) is 30.0 Å². The Morgan fingerprint density at radius 1 is 1.18 bits per heavy atom. The number of alkyl halides is 4. The van der Waals surface area contributed by atoms with Gasteiger partial charge in [-0.05, 0) is 38.9 Å². The van der Waals surface area contributed by atoms with Crippen LogP contribution in [-0.2, 0) is 11.3 Å². The number of nitrogens with two attached hydrogens (primary N) is 1. The zero-order chi connectivity index (χ0) is 28.8. The molecule has 0 saturated carbocycles. The van der Waals surface area contributed by atoms with Crippen LogP contribution in [0.5, 0.6) is 0 Å². The number of imidazole rings is 1. The van der Waals surface area contributed by atoms with Crippen molar-refractivity contribution < 1.29 is 26.7 Å². The first-order chi connectivity index (χ1) is 18.9. The topological polar surface area (TPSA) is 111 Å². The zero-order valence-corrected chi connectivity index (χ0v) is 22.3. The molecule has 0 radical (unpaired) electrons. The van der Waals surface area contributed by atoms with Crippen LogP contribution in [0.25, 0.3) is 27.9 Å². The molecule has 0 unspecified atom stereocenters. The Balaban J connectivity index is 0.000000207. The number of halogens is 5. The van der Waals surface area contributed by atoms with Crippen molar-refractivity contribution in [3.63, 3.8) is 0 Å². The highest BCUT2D eigenvalue weighted by Crippen LogP contribution is 2.34. The van der Waals surface area contributed by atoms with Gasteiger partial charge in [0.25, 0.3) is 12.3 Å². The van der Waals surface area contributed by atoms with E-state index in [1.54, 1.807) is 26.1 Å². The van der Waals surface area contributed by atoms with Gasteiger partial charge in [-0.25, -0.2) is 36.4 Å². The molecule has 0 spiro atoms. The van der Waals surface area contributed by atoms with Gasteiger partial charge in [0.05, 0.1) is 49.3 Å². The number of hydrogen-bond donors (Lipinski definition) is 2. The molecule has 2 aliphatic heterocycles. The maximum atomic E-state index is 14.7. The third-order valence-electron chi connectivity index (χ3n) is 7.18. The summed E-state index contributed by atoms with van der Waals surface area (Å²) in [6, 6.07) is 3.20. The fraction of sp³-hybridized carbons (Fsp3) is 0.520. The van der Waals surface area contributed by atoms with Crippen LogP contribution in [0.2, 0.25) is 0 Å². The molecule has 4 aromatic heterocycles. The number of nitrogen functional groups attached to an aromatic ring is 1. The molecule has 40 heavy (non-hydrogen) atoms. The molecule has 0 amide bonds. The summed E-state index contributed by atoms with van der Waals surface area (Å²) in [5, 5.41) is 6.82. The highest BCUT2D eigenvalue weighted by atomic mass is 19.3. The third kappa shape index (κ3) is 5.27. The Morgan fingerprint density at radius 3 is 2.55 bits per heavy atom. The first-order valence-corrected chi connectivity index (χ1v) is 12.8. The number of likely N-dealkylation sites (tertiary alicyclic amines) is 1. The zero-order valence-electron chi connectivity index (χ0n) is 22.3. The van der Waals surface area contributed by atoms with Gasteiger partial charge in [0.1, 0.15) is 16.9 Å². The summed E-state index contributed by atoms with van der Waals surface area (Å²) in [6.07, 6.45) is -0.758. The van der Waals surface area contributed by atoms with Crippen LogP contribution in [0, 0.1) is 12.7 Å². The highest BCUT2D eigenvalue weighted by Gasteiger charge is 2.46. The SMILES string of the molecule is CC1(N2CCCC(F)(F)C2)COC1.CNc1nc(N)nn2cc(F)c(-c3ccc4nc(C)n(CC(F)F)c4n3)c12. The number of ether oxygens (including phenoxy) is 1. The number of rotatable bonds is 5. The predicted octanol–water partition coefficient (Wildman–Crippen LogP) is 3.98. The lowest BCUT2D eigenvalue weighted by Crippen LogP contribution is -2.63. The Morgan fingerprint density at radius 2 is 1.93 bits per heavy atom. The molecule has 15 heteroatoms. The largest absolute Gasteiger partial charge is 0.377 e. The molecule has 216 valence electrons. The van der Waals surface area contributed by atoms with Crippen molar-refractivity contribution in [2.45, 2.75) is 51.1 Å². The third-order valence-corrected chi connectivity index (χ3v) is 7.18. The van der Waals surface area contributed by atoms with E-state index in [2.05, 4.69) is 25.4 Å². The van der Waals surface area contributed by atoms with Gasteiger partial charge in [-0.3, -0.25) is 4.90 Å². The molecule has 10 nitrogen and oxygen atoms in total. The second-order valence-corrected chi connectivity index (χ2v) is 10.3. The molecule has 2 fully saturated rings. The molecule has 0 atom stereocenters. The number of aromatic nitrogens is 6. The molecule has 2 aliphatic rings. The van der Waals surface area contributed by atoms with E-state index in [0.717, 1.165) is 12.7 Å².